The van der Waals surface area contributed by atoms with E-state index in [2.05, 4.69) is 5.32 Å². The lowest BCUT2D eigenvalue weighted by atomic mass is 10.2. The summed E-state index contributed by atoms with van der Waals surface area (Å²) in [5.74, 6) is -1.80. The second-order valence-corrected chi connectivity index (χ2v) is 6.83. The standard InChI is InChI=1S/C16H16FNO4S/c1-16(2,3)22-15(21)18-11-8-12(23-13(11)14(19)20)9-4-6-10(17)7-5-9/h4-8H,1-3H3,(H,18,21)(H,19,20)/p-1. The highest BCUT2D eigenvalue weighted by atomic mass is 32.1. The number of benzene rings is 1. The Balaban J connectivity index is 2.30. The van der Waals surface area contributed by atoms with Crippen LogP contribution >= 0.6 is 11.3 Å². The summed E-state index contributed by atoms with van der Waals surface area (Å²) in [5.41, 5.74) is 0.0151. The number of hydrogen-bond donors (Lipinski definition) is 1. The molecule has 0 atom stereocenters. The summed E-state index contributed by atoms with van der Waals surface area (Å²) >= 11 is 0.932. The molecule has 0 bridgehead atoms. The molecule has 0 spiro atoms. The minimum atomic E-state index is -1.41. The van der Waals surface area contributed by atoms with Crippen LogP contribution in [0.3, 0.4) is 0 Å². The Morgan fingerprint density at radius 3 is 2.35 bits per heavy atom. The van der Waals surface area contributed by atoms with Gasteiger partial charge in [0.15, 0.2) is 0 Å². The van der Waals surface area contributed by atoms with Gasteiger partial charge in [0.05, 0.1) is 16.5 Å². The van der Waals surface area contributed by atoms with Gasteiger partial charge < -0.3 is 14.6 Å². The van der Waals surface area contributed by atoms with Gasteiger partial charge in [-0.1, -0.05) is 12.1 Å². The molecular formula is C16H15FNO4S-. The summed E-state index contributed by atoms with van der Waals surface area (Å²) in [4.78, 5) is 23.5. The molecule has 2 aromatic rings. The molecule has 1 amide bonds. The van der Waals surface area contributed by atoms with Crippen molar-refractivity contribution in [2.24, 2.45) is 0 Å². The van der Waals surface area contributed by atoms with Gasteiger partial charge in [-0.15, -0.1) is 11.3 Å². The summed E-state index contributed by atoms with van der Waals surface area (Å²) in [6.07, 6.45) is -0.761. The van der Waals surface area contributed by atoms with Gasteiger partial charge in [-0.3, -0.25) is 5.32 Å². The van der Waals surface area contributed by atoms with E-state index in [-0.39, 0.29) is 10.6 Å². The van der Waals surface area contributed by atoms with Crippen LogP contribution in [-0.2, 0) is 4.74 Å². The highest BCUT2D eigenvalue weighted by Gasteiger charge is 2.19. The second kappa shape index (κ2) is 6.37. The van der Waals surface area contributed by atoms with Crippen LogP contribution in [0.5, 0.6) is 0 Å². The summed E-state index contributed by atoms with van der Waals surface area (Å²) in [6, 6.07) is 7.09. The molecule has 0 aliphatic rings. The summed E-state index contributed by atoms with van der Waals surface area (Å²) in [7, 11) is 0. The van der Waals surface area contributed by atoms with E-state index in [4.69, 9.17) is 4.74 Å². The lowest BCUT2D eigenvalue weighted by molar-refractivity contribution is -0.254. The monoisotopic (exact) mass is 336 g/mol. The highest BCUT2D eigenvalue weighted by molar-refractivity contribution is 7.17. The number of anilines is 1. The zero-order chi connectivity index (χ0) is 17.2. The topological polar surface area (TPSA) is 78.5 Å². The number of thiophene rings is 1. The van der Waals surface area contributed by atoms with E-state index in [1.54, 1.807) is 20.8 Å². The van der Waals surface area contributed by atoms with Crippen LogP contribution in [-0.4, -0.2) is 17.7 Å². The lowest BCUT2D eigenvalue weighted by Gasteiger charge is -2.19. The number of rotatable bonds is 3. The van der Waals surface area contributed by atoms with Crippen LogP contribution < -0.4 is 10.4 Å². The van der Waals surface area contributed by atoms with Gasteiger partial charge in [0.1, 0.15) is 11.4 Å². The molecule has 1 aromatic carbocycles. The van der Waals surface area contributed by atoms with Crippen molar-refractivity contribution in [2.75, 3.05) is 5.32 Å². The van der Waals surface area contributed by atoms with Crippen LogP contribution in [0.15, 0.2) is 30.3 Å². The van der Waals surface area contributed by atoms with Crippen LogP contribution in [0.4, 0.5) is 14.9 Å². The molecule has 0 radical (unpaired) electrons. The third-order valence-corrected chi connectivity index (χ3v) is 3.85. The quantitative estimate of drug-likeness (QED) is 0.933. The van der Waals surface area contributed by atoms with Crippen molar-refractivity contribution in [3.05, 3.63) is 41.0 Å². The van der Waals surface area contributed by atoms with Crippen molar-refractivity contribution in [3.8, 4) is 10.4 Å². The van der Waals surface area contributed by atoms with Crippen molar-refractivity contribution in [1.29, 1.82) is 0 Å². The van der Waals surface area contributed by atoms with Gasteiger partial charge in [-0.05, 0) is 44.5 Å². The average molecular weight is 336 g/mol. The van der Waals surface area contributed by atoms with E-state index >= 15 is 0 Å². The number of aromatic carboxylic acids is 1. The molecule has 0 saturated heterocycles. The number of amides is 1. The molecular weight excluding hydrogens is 321 g/mol. The predicted octanol–water partition coefficient (Wildman–Crippen LogP) is 3.26. The van der Waals surface area contributed by atoms with Crippen LogP contribution in [0.1, 0.15) is 30.4 Å². The number of carboxylic acids is 1. The molecule has 122 valence electrons. The molecule has 7 heteroatoms. The first-order chi connectivity index (χ1) is 10.7. The zero-order valence-corrected chi connectivity index (χ0v) is 13.6. The van der Waals surface area contributed by atoms with Crippen LogP contribution in [0.25, 0.3) is 10.4 Å². The molecule has 0 saturated carbocycles. The maximum Gasteiger partial charge on any atom is 0.412 e. The van der Waals surface area contributed by atoms with Crippen LogP contribution in [0, 0.1) is 5.82 Å². The van der Waals surface area contributed by atoms with E-state index in [0.717, 1.165) is 11.3 Å². The summed E-state index contributed by atoms with van der Waals surface area (Å²) in [6.45, 7) is 5.09. The zero-order valence-electron chi connectivity index (χ0n) is 12.8. The molecule has 1 heterocycles. The molecule has 23 heavy (non-hydrogen) atoms. The third kappa shape index (κ3) is 4.53. The Labute approximate surface area is 136 Å². The number of nitrogens with one attached hydrogen (secondary N) is 1. The normalized spacial score (nSPS) is 11.1. The Hall–Kier alpha value is -2.41. The first kappa shape index (κ1) is 17.0. The molecule has 5 nitrogen and oxygen atoms in total. The smallest absolute Gasteiger partial charge is 0.412 e. The number of ether oxygens (including phenoxy) is 1. The molecule has 0 unspecified atom stereocenters. The van der Waals surface area contributed by atoms with E-state index < -0.39 is 23.5 Å². The van der Waals surface area contributed by atoms with Crippen molar-refractivity contribution < 1.29 is 23.8 Å². The number of carboxylic acid groups (broad SMARTS) is 1. The van der Waals surface area contributed by atoms with Gasteiger partial charge in [0.25, 0.3) is 0 Å². The fourth-order valence-corrected chi connectivity index (χ4v) is 2.76. The largest absolute Gasteiger partial charge is 0.544 e. The minimum Gasteiger partial charge on any atom is -0.544 e. The van der Waals surface area contributed by atoms with Crippen molar-refractivity contribution in [2.45, 2.75) is 26.4 Å². The van der Waals surface area contributed by atoms with Crippen LogP contribution in [0.2, 0.25) is 0 Å². The molecule has 2 rings (SSSR count). The molecule has 0 aliphatic carbocycles. The summed E-state index contributed by atoms with van der Waals surface area (Å²) in [5, 5.41) is 13.6. The maximum absolute atomic E-state index is 13.0. The fraction of sp³-hybridized carbons (Fsp3) is 0.250. The Morgan fingerprint density at radius 2 is 1.83 bits per heavy atom. The lowest BCUT2D eigenvalue weighted by Crippen LogP contribution is -2.28. The predicted molar refractivity (Wildman–Crippen MR) is 83.9 cm³/mol. The minimum absolute atomic E-state index is 0.0866. The van der Waals surface area contributed by atoms with E-state index in [1.165, 1.54) is 30.3 Å². The molecule has 1 aromatic heterocycles. The first-order valence-electron chi connectivity index (χ1n) is 6.77. The number of halogens is 1. The first-order valence-corrected chi connectivity index (χ1v) is 7.58. The van der Waals surface area contributed by atoms with Crippen molar-refractivity contribution >= 4 is 29.1 Å². The van der Waals surface area contributed by atoms with E-state index in [0.29, 0.717) is 10.4 Å². The number of carbonyl (C=O) groups is 2. The third-order valence-electron chi connectivity index (χ3n) is 2.68. The Kier molecular flexibility index (Phi) is 4.70. The Morgan fingerprint density at radius 1 is 1.22 bits per heavy atom. The van der Waals surface area contributed by atoms with E-state index in [1.807, 2.05) is 0 Å². The molecule has 1 N–H and O–H groups in total. The average Bonchev–Trinajstić information content (AvgIpc) is 2.81. The molecule has 0 fully saturated rings. The van der Waals surface area contributed by atoms with Crippen molar-refractivity contribution in [1.82, 2.24) is 0 Å². The van der Waals surface area contributed by atoms with Gasteiger partial charge >= 0.3 is 6.09 Å². The SMILES string of the molecule is CC(C)(C)OC(=O)Nc1cc(-c2ccc(F)cc2)sc1C(=O)[O-]. The van der Waals surface area contributed by atoms with Gasteiger partial charge in [0, 0.05) is 4.88 Å². The Bertz CT molecular complexity index is 732. The van der Waals surface area contributed by atoms with Gasteiger partial charge in [-0.25, -0.2) is 9.18 Å². The second-order valence-electron chi connectivity index (χ2n) is 5.77. The highest BCUT2D eigenvalue weighted by Crippen LogP contribution is 2.34. The number of hydrogen-bond acceptors (Lipinski definition) is 5. The van der Waals surface area contributed by atoms with Crippen molar-refractivity contribution in [3.63, 3.8) is 0 Å². The van der Waals surface area contributed by atoms with Gasteiger partial charge in [0.2, 0.25) is 0 Å². The fourth-order valence-electron chi connectivity index (χ4n) is 1.81. The summed E-state index contributed by atoms with van der Waals surface area (Å²) < 4.78 is 18.1. The number of carbonyl (C=O) groups excluding carboxylic acids is 2. The van der Waals surface area contributed by atoms with Gasteiger partial charge in [-0.2, -0.15) is 0 Å². The van der Waals surface area contributed by atoms with E-state index in [9.17, 15) is 19.1 Å². The maximum atomic E-state index is 13.0. The molecule has 0 aliphatic heterocycles.